The second-order valence-corrected chi connectivity index (χ2v) is 3.39. The van der Waals surface area contributed by atoms with E-state index in [0.717, 1.165) is 18.5 Å². The molecule has 0 aromatic rings. The number of carbonyl (C=O) groups is 1. The van der Waals surface area contributed by atoms with Gasteiger partial charge in [-0.2, -0.15) is 13.2 Å². The summed E-state index contributed by atoms with van der Waals surface area (Å²) in [6.45, 7) is 1.74. The van der Waals surface area contributed by atoms with Gasteiger partial charge in [0.05, 0.1) is 0 Å². The number of carbonyl (C=O) groups excluding carboxylic acids is 1. The van der Waals surface area contributed by atoms with Crippen molar-refractivity contribution in [1.82, 2.24) is 10.6 Å². The molecule has 16 heavy (non-hydrogen) atoms. The van der Waals surface area contributed by atoms with Crippen molar-refractivity contribution < 1.29 is 18.0 Å². The van der Waals surface area contributed by atoms with Crippen molar-refractivity contribution in [3.05, 3.63) is 11.6 Å². The van der Waals surface area contributed by atoms with Crippen molar-refractivity contribution in [3.63, 3.8) is 0 Å². The SMILES string of the molecule is Cl.O=C(CC(F)(F)F)NCC1=CCNCC1. The number of rotatable bonds is 3. The van der Waals surface area contributed by atoms with Gasteiger partial charge in [0.1, 0.15) is 6.42 Å². The highest BCUT2D eigenvalue weighted by Gasteiger charge is 2.30. The summed E-state index contributed by atoms with van der Waals surface area (Å²) < 4.78 is 35.4. The van der Waals surface area contributed by atoms with E-state index in [-0.39, 0.29) is 19.0 Å². The van der Waals surface area contributed by atoms with E-state index in [1.54, 1.807) is 0 Å². The van der Waals surface area contributed by atoms with Crippen LogP contribution in [0.2, 0.25) is 0 Å². The van der Waals surface area contributed by atoms with Crippen LogP contribution in [0.15, 0.2) is 11.6 Å². The monoisotopic (exact) mass is 258 g/mol. The molecule has 1 aliphatic heterocycles. The summed E-state index contributed by atoms with van der Waals surface area (Å²) in [7, 11) is 0. The number of nitrogens with one attached hydrogen (secondary N) is 2. The summed E-state index contributed by atoms with van der Waals surface area (Å²) >= 11 is 0. The van der Waals surface area contributed by atoms with Crippen LogP contribution in [-0.2, 0) is 4.79 Å². The van der Waals surface area contributed by atoms with Crippen LogP contribution in [0.3, 0.4) is 0 Å². The number of hydrogen-bond donors (Lipinski definition) is 2. The molecule has 0 aliphatic carbocycles. The topological polar surface area (TPSA) is 41.1 Å². The second kappa shape index (κ2) is 6.75. The summed E-state index contributed by atoms with van der Waals surface area (Å²) in [6, 6.07) is 0. The first-order valence-electron chi connectivity index (χ1n) is 4.69. The van der Waals surface area contributed by atoms with Gasteiger partial charge >= 0.3 is 6.18 Å². The lowest BCUT2D eigenvalue weighted by molar-refractivity contribution is -0.153. The van der Waals surface area contributed by atoms with Gasteiger partial charge in [-0.25, -0.2) is 0 Å². The standard InChI is InChI=1S/C9H13F3N2O.ClH/c10-9(11,12)5-8(15)14-6-7-1-3-13-4-2-7;/h1,13H,2-6H2,(H,14,15);1H. The molecule has 1 aliphatic rings. The van der Waals surface area contributed by atoms with E-state index in [9.17, 15) is 18.0 Å². The van der Waals surface area contributed by atoms with Gasteiger partial charge in [-0.1, -0.05) is 11.6 Å². The first-order valence-corrected chi connectivity index (χ1v) is 4.69. The highest BCUT2D eigenvalue weighted by atomic mass is 35.5. The maximum Gasteiger partial charge on any atom is 0.397 e. The van der Waals surface area contributed by atoms with E-state index in [4.69, 9.17) is 0 Å². The molecule has 0 aromatic carbocycles. The largest absolute Gasteiger partial charge is 0.397 e. The third-order valence-corrected chi connectivity index (χ3v) is 2.03. The summed E-state index contributed by atoms with van der Waals surface area (Å²) in [5.74, 6) is -0.970. The number of amides is 1. The van der Waals surface area contributed by atoms with E-state index < -0.39 is 18.5 Å². The zero-order valence-corrected chi connectivity index (χ0v) is 9.38. The van der Waals surface area contributed by atoms with Crippen LogP contribution in [0.5, 0.6) is 0 Å². The van der Waals surface area contributed by atoms with Crippen molar-refractivity contribution in [2.24, 2.45) is 0 Å². The van der Waals surface area contributed by atoms with E-state index in [1.165, 1.54) is 0 Å². The first-order chi connectivity index (χ1) is 6.97. The minimum Gasteiger partial charge on any atom is -0.352 e. The minimum absolute atomic E-state index is 0. The lowest BCUT2D eigenvalue weighted by atomic mass is 10.1. The quantitative estimate of drug-likeness (QED) is 0.752. The Morgan fingerprint density at radius 2 is 2.19 bits per heavy atom. The van der Waals surface area contributed by atoms with Gasteiger partial charge in [0.15, 0.2) is 0 Å². The Bertz CT molecular complexity index is 266. The molecule has 0 bridgehead atoms. The molecule has 0 saturated carbocycles. The summed E-state index contributed by atoms with van der Waals surface area (Å²) in [4.78, 5) is 10.8. The van der Waals surface area contributed by atoms with E-state index in [1.807, 2.05) is 6.08 Å². The molecule has 0 spiro atoms. The summed E-state index contributed by atoms with van der Waals surface area (Å²) in [5.41, 5.74) is 0.976. The molecule has 0 saturated heterocycles. The van der Waals surface area contributed by atoms with Crippen molar-refractivity contribution in [3.8, 4) is 0 Å². The van der Waals surface area contributed by atoms with Crippen LogP contribution >= 0.6 is 12.4 Å². The minimum atomic E-state index is -4.42. The summed E-state index contributed by atoms with van der Waals surface area (Å²) in [5, 5.41) is 5.33. The van der Waals surface area contributed by atoms with Crippen LogP contribution in [0.25, 0.3) is 0 Å². The van der Waals surface area contributed by atoms with Crippen molar-refractivity contribution in [2.45, 2.75) is 19.0 Å². The molecule has 0 radical (unpaired) electrons. The number of alkyl halides is 3. The molecule has 1 amide bonds. The zero-order valence-electron chi connectivity index (χ0n) is 8.56. The van der Waals surface area contributed by atoms with Crippen LogP contribution in [0.1, 0.15) is 12.8 Å². The molecule has 0 fully saturated rings. The smallest absolute Gasteiger partial charge is 0.352 e. The van der Waals surface area contributed by atoms with E-state index in [2.05, 4.69) is 10.6 Å². The Morgan fingerprint density at radius 1 is 1.50 bits per heavy atom. The fourth-order valence-electron chi connectivity index (χ4n) is 1.29. The summed E-state index contributed by atoms with van der Waals surface area (Å²) in [6.07, 6.45) is -3.17. The van der Waals surface area contributed by atoms with Crippen molar-refractivity contribution in [1.29, 1.82) is 0 Å². The fraction of sp³-hybridized carbons (Fsp3) is 0.667. The zero-order chi connectivity index (χ0) is 11.3. The molecule has 3 nitrogen and oxygen atoms in total. The number of halogens is 4. The predicted octanol–water partition coefficient (Wildman–Crippen LogP) is 1.40. The lowest BCUT2D eigenvalue weighted by Gasteiger charge is -2.14. The van der Waals surface area contributed by atoms with Crippen LogP contribution in [0, 0.1) is 0 Å². The highest BCUT2D eigenvalue weighted by molar-refractivity contribution is 5.85. The Balaban J connectivity index is 0.00000225. The normalized spacial score (nSPS) is 16.1. The molecule has 2 N–H and O–H groups in total. The molecule has 0 aromatic heterocycles. The Hall–Kier alpha value is -0.750. The Kier molecular flexibility index (Phi) is 6.43. The van der Waals surface area contributed by atoms with Gasteiger partial charge in [-0.3, -0.25) is 4.79 Å². The van der Waals surface area contributed by atoms with Gasteiger partial charge in [-0.15, -0.1) is 12.4 Å². The third kappa shape index (κ3) is 6.68. The predicted molar refractivity (Wildman–Crippen MR) is 56.5 cm³/mol. The van der Waals surface area contributed by atoms with E-state index >= 15 is 0 Å². The third-order valence-electron chi connectivity index (χ3n) is 2.03. The average molecular weight is 259 g/mol. The van der Waals surface area contributed by atoms with Gasteiger partial charge in [0.2, 0.25) is 5.91 Å². The van der Waals surface area contributed by atoms with Gasteiger partial charge in [0.25, 0.3) is 0 Å². The van der Waals surface area contributed by atoms with Gasteiger partial charge in [-0.05, 0) is 13.0 Å². The molecule has 7 heteroatoms. The second-order valence-electron chi connectivity index (χ2n) is 3.39. The molecular formula is C9H14ClF3N2O. The molecule has 1 heterocycles. The van der Waals surface area contributed by atoms with Crippen molar-refractivity contribution in [2.75, 3.05) is 19.6 Å². The first kappa shape index (κ1) is 15.2. The van der Waals surface area contributed by atoms with Crippen molar-refractivity contribution >= 4 is 18.3 Å². The Labute approximate surface area is 97.9 Å². The van der Waals surface area contributed by atoms with Gasteiger partial charge in [0, 0.05) is 13.1 Å². The Morgan fingerprint density at radius 3 is 2.69 bits per heavy atom. The molecule has 0 unspecified atom stereocenters. The highest BCUT2D eigenvalue weighted by Crippen LogP contribution is 2.18. The maximum atomic E-state index is 11.8. The average Bonchev–Trinajstić information content (AvgIpc) is 2.14. The van der Waals surface area contributed by atoms with Gasteiger partial charge < -0.3 is 10.6 Å². The molecule has 1 rings (SSSR count). The lowest BCUT2D eigenvalue weighted by Crippen LogP contribution is -2.32. The van der Waals surface area contributed by atoms with Crippen LogP contribution in [0.4, 0.5) is 13.2 Å². The van der Waals surface area contributed by atoms with Crippen LogP contribution < -0.4 is 10.6 Å². The maximum absolute atomic E-state index is 11.8. The van der Waals surface area contributed by atoms with Crippen LogP contribution in [-0.4, -0.2) is 31.7 Å². The molecule has 94 valence electrons. The number of hydrogen-bond acceptors (Lipinski definition) is 2. The fourth-order valence-corrected chi connectivity index (χ4v) is 1.29. The van der Waals surface area contributed by atoms with E-state index in [0.29, 0.717) is 6.54 Å². The molecular weight excluding hydrogens is 245 g/mol. The molecule has 0 atom stereocenters.